The zero-order valence-corrected chi connectivity index (χ0v) is 16.8. The summed E-state index contributed by atoms with van der Waals surface area (Å²) >= 11 is 0. The Morgan fingerprint density at radius 1 is 1.22 bits per heavy atom. The number of carbonyl (C=O) groups excluding carboxylic acids is 1. The van der Waals surface area contributed by atoms with Gasteiger partial charge in [0, 0.05) is 18.7 Å². The van der Waals surface area contributed by atoms with E-state index in [4.69, 9.17) is 4.52 Å². The van der Waals surface area contributed by atoms with Gasteiger partial charge in [-0.3, -0.25) is 9.20 Å². The molecule has 0 spiro atoms. The highest BCUT2D eigenvalue weighted by molar-refractivity contribution is 5.96. The van der Waals surface area contributed by atoms with Gasteiger partial charge >= 0.3 is 6.18 Å². The molecule has 0 bridgehead atoms. The number of pyridine rings is 1. The lowest BCUT2D eigenvalue weighted by Gasteiger charge is -2.13. The highest BCUT2D eigenvalue weighted by Gasteiger charge is 2.31. The standard InChI is InChI=1S/C20H16F4N6O2/c1-10(17-26-11(2)32-29-17)25-19(31)13-7-15(12-3-5-14(21)6-4-12)18-28-27-16(30(18)9-13)8-20(22,23)24/h3-7,9-10H,8H2,1-2H3,(H,25,31)/t10-/m1/s1. The predicted molar refractivity (Wildman–Crippen MR) is 103 cm³/mol. The molecule has 166 valence electrons. The van der Waals surface area contributed by atoms with E-state index in [2.05, 4.69) is 25.7 Å². The average Bonchev–Trinajstić information content (AvgIpc) is 3.33. The Morgan fingerprint density at radius 3 is 2.56 bits per heavy atom. The maximum atomic E-state index is 13.4. The van der Waals surface area contributed by atoms with Gasteiger partial charge < -0.3 is 9.84 Å². The number of nitrogens with zero attached hydrogens (tertiary/aromatic N) is 5. The summed E-state index contributed by atoms with van der Waals surface area (Å²) in [5.41, 5.74) is 0.932. The number of benzene rings is 1. The summed E-state index contributed by atoms with van der Waals surface area (Å²) in [5, 5.41) is 13.9. The molecule has 0 saturated heterocycles. The van der Waals surface area contributed by atoms with Crippen LogP contribution in [0.1, 0.15) is 40.9 Å². The zero-order valence-electron chi connectivity index (χ0n) is 16.8. The molecule has 0 fully saturated rings. The molecule has 0 aliphatic rings. The van der Waals surface area contributed by atoms with Gasteiger partial charge in [0.15, 0.2) is 11.5 Å². The Labute approximate surface area is 178 Å². The maximum absolute atomic E-state index is 13.4. The summed E-state index contributed by atoms with van der Waals surface area (Å²) in [6, 6.07) is 6.11. The molecule has 1 aromatic carbocycles. The van der Waals surface area contributed by atoms with Crippen LogP contribution in [0.25, 0.3) is 16.8 Å². The molecule has 0 aliphatic carbocycles. The van der Waals surface area contributed by atoms with Crippen LogP contribution in [-0.4, -0.2) is 36.8 Å². The Morgan fingerprint density at radius 2 is 1.94 bits per heavy atom. The van der Waals surface area contributed by atoms with Gasteiger partial charge in [-0.05, 0) is 30.7 Å². The van der Waals surface area contributed by atoms with Crippen molar-refractivity contribution in [2.24, 2.45) is 0 Å². The van der Waals surface area contributed by atoms with Gasteiger partial charge in [0.05, 0.1) is 11.6 Å². The van der Waals surface area contributed by atoms with Crippen LogP contribution in [0.2, 0.25) is 0 Å². The number of amides is 1. The van der Waals surface area contributed by atoms with Crippen molar-refractivity contribution < 1.29 is 26.9 Å². The van der Waals surface area contributed by atoms with E-state index in [1.54, 1.807) is 13.8 Å². The minimum atomic E-state index is -4.53. The molecule has 0 saturated carbocycles. The summed E-state index contributed by atoms with van der Waals surface area (Å²) in [6.45, 7) is 3.23. The van der Waals surface area contributed by atoms with Crippen LogP contribution >= 0.6 is 0 Å². The monoisotopic (exact) mass is 448 g/mol. The molecule has 4 aromatic rings. The highest BCUT2D eigenvalue weighted by Crippen LogP contribution is 2.28. The van der Waals surface area contributed by atoms with Crippen LogP contribution in [0.3, 0.4) is 0 Å². The minimum Gasteiger partial charge on any atom is -0.342 e. The quantitative estimate of drug-likeness (QED) is 0.466. The second-order valence-corrected chi connectivity index (χ2v) is 7.12. The van der Waals surface area contributed by atoms with Crippen LogP contribution in [-0.2, 0) is 6.42 Å². The van der Waals surface area contributed by atoms with Crippen molar-refractivity contribution in [3.05, 3.63) is 65.4 Å². The van der Waals surface area contributed by atoms with Crippen molar-refractivity contribution in [2.75, 3.05) is 0 Å². The van der Waals surface area contributed by atoms with Crippen molar-refractivity contribution in [3.63, 3.8) is 0 Å². The maximum Gasteiger partial charge on any atom is 0.396 e. The fourth-order valence-electron chi connectivity index (χ4n) is 3.14. The van der Waals surface area contributed by atoms with Gasteiger partial charge in [-0.1, -0.05) is 17.3 Å². The molecule has 1 N–H and O–H groups in total. The summed E-state index contributed by atoms with van der Waals surface area (Å²) in [4.78, 5) is 16.9. The molecule has 0 unspecified atom stereocenters. The van der Waals surface area contributed by atoms with Crippen molar-refractivity contribution >= 4 is 11.6 Å². The normalized spacial score (nSPS) is 12.8. The third kappa shape index (κ3) is 4.43. The molecule has 0 aliphatic heterocycles. The molecular weight excluding hydrogens is 432 g/mol. The zero-order chi connectivity index (χ0) is 23.0. The van der Waals surface area contributed by atoms with E-state index in [0.29, 0.717) is 17.0 Å². The number of rotatable bonds is 5. The average molecular weight is 448 g/mol. The Hall–Kier alpha value is -3.83. The first kappa shape index (κ1) is 21.4. The number of nitrogens with one attached hydrogen (secondary N) is 1. The molecule has 12 heteroatoms. The number of hydrogen-bond acceptors (Lipinski definition) is 6. The fraction of sp³-hybridized carbons (Fsp3) is 0.250. The van der Waals surface area contributed by atoms with Crippen molar-refractivity contribution in [1.29, 1.82) is 0 Å². The van der Waals surface area contributed by atoms with Crippen molar-refractivity contribution in [1.82, 2.24) is 30.1 Å². The molecule has 32 heavy (non-hydrogen) atoms. The van der Waals surface area contributed by atoms with E-state index < -0.39 is 30.4 Å². The number of aryl methyl sites for hydroxylation is 1. The molecular formula is C20H16F4N6O2. The highest BCUT2D eigenvalue weighted by atomic mass is 19.4. The fourth-order valence-corrected chi connectivity index (χ4v) is 3.14. The van der Waals surface area contributed by atoms with E-state index in [1.165, 1.54) is 36.5 Å². The molecule has 4 rings (SSSR count). The van der Waals surface area contributed by atoms with Crippen LogP contribution in [0.4, 0.5) is 17.6 Å². The smallest absolute Gasteiger partial charge is 0.342 e. The molecule has 3 aromatic heterocycles. The predicted octanol–water partition coefficient (Wildman–Crippen LogP) is 3.82. The van der Waals surface area contributed by atoms with E-state index >= 15 is 0 Å². The molecule has 1 amide bonds. The van der Waals surface area contributed by atoms with Gasteiger partial charge in [0.25, 0.3) is 5.91 Å². The van der Waals surface area contributed by atoms with E-state index in [0.717, 1.165) is 4.40 Å². The second-order valence-electron chi connectivity index (χ2n) is 7.12. The third-order valence-electron chi connectivity index (χ3n) is 4.63. The second kappa shape index (κ2) is 8.02. The number of hydrogen-bond donors (Lipinski definition) is 1. The summed E-state index contributed by atoms with van der Waals surface area (Å²) in [5.74, 6) is -0.883. The Balaban J connectivity index is 1.78. The van der Waals surface area contributed by atoms with Crippen LogP contribution < -0.4 is 5.32 Å². The minimum absolute atomic E-state index is 0.0483. The lowest BCUT2D eigenvalue weighted by atomic mass is 10.0. The van der Waals surface area contributed by atoms with Crippen molar-refractivity contribution in [2.45, 2.75) is 32.5 Å². The lowest BCUT2D eigenvalue weighted by Crippen LogP contribution is -2.27. The first-order valence-electron chi connectivity index (χ1n) is 9.42. The van der Waals surface area contributed by atoms with E-state index in [1.807, 2.05) is 0 Å². The van der Waals surface area contributed by atoms with E-state index in [-0.39, 0.29) is 22.9 Å². The molecule has 8 nitrogen and oxygen atoms in total. The third-order valence-corrected chi connectivity index (χ3v) is 4.63. The summed E-state index contributed by atoms with van der Waals surface area (Å²) in [7, 11) is 0. The largest absolute Gasteiger partial charge is 0.396 e. The molecule has 3 heterocycles. The summed E-state index contributed by atoms with van der Waals surface area (Å²) < 4.78 is 58.4. The van der Waals surface area contributed by atoms with Gasteiger partial charge in [-0.15, -0.1) is 10.2 Å². The first-order chi connectivity index (χ1) is 15.1. The van der Waals surface area contributed by atoms with E-state index in [9.17, 15) is 22.4 Å². The van der Waals surface area contributed by atoms with Crippen LogP contribution in [0.15, 0.2) is 41.1 Å². The van der Waals surface area contributed by atoms with Gasteiger partial charge in [0.2, 0.25) is 5.89 Å². The number of fused-ring (bicyclic) bond motifs is 1. The van der Waals surface area contributed by atoms with Gasteiger partial charge in [-0.2, -0.15) is 18.2 Å². The van der Waals surface area contributed by atoms with Crippen molar-refractivity contribution in [3.8, 4) is 11.1 Å². The molecule has 1 atom stereocenters. The van der Waals surface area contributed by atoms with Gasteiger partial charge in [-0.25, -0.2) is 4.39 Å². The number of halogens is 4. The topological polar surface area (TPSA) is 98.2 Å². The van der Waals surface area contributed by atoms with Gasteiger partial charge in [0.1, 0.15) is 18.1 Å². The first-order valence-corrected chi connectivity index (χ1v) is 9.42. The Kier molecular flexibility index (Phi) is 5.36. The summed E-state index contributed by atoms with van der Waals surface area (Å²) in [6.07, 6.45) is -4.63. The molecule has 0 radical (unpaired) electrons. The number of aromatic nitrogens is 5. The number of alkyl halides is 3. The van der Waals surface area contributed by atoms with Crippen LogP contribution in [0, 0.1) is 12.7 Å². The number of carbonyl (C=O) groups is 1. The Bertz CT molecular complexity index is 1280. The lowest BCUT2D eigenvalue weighted by molar-refractivity contribution is -0.128. The van der Waals surface area contributed by atoms with Crippen LogP contribution in [0.5, 0.6) is 0 Å². The SMILES string of the molecule is Cc1nc([C@@H](C)NC(=O)c2cc(-c3ccc(F)cc3)c3nnc(CC(F)(F)F)n3c2)no1.